The van der Waals surface area contributed by atoms with E-state index in [1.54, 1.807) is 0 Å². The van der Waals surface area contributed by atoms with E-state index in [1.807, 2.05) is 0 Å². The predicted molar refractivity (Wildman–Crippen MR) is 71.3 cm³/mol. The summed E-state index contributed by atoms with van der Waals surface area (Å²) >= 11 is 0. The Bertz CT molecular complexity index is 269. The Hall–Kier alpha value is 0. The fourth-order valence-electron chi connectivity index (χ4n) is 5.30. The Kier molecular flexibility index (Phi) is 2.92. The minimum atomic E-state index is 0.655. The summed E-state index contributed by atoms with van der Waals surface area (Å²) in [7, 11) is 0. The van der Waals surface area contributed by atoms with Gasteiger partial charge in [0, 0.05) is 0 Å². The van der Waals surface area contributed by atoms with Crippen molar-refractivity contribution < 1.29 is 0 Å². The van der Waals surface area contributed by atoms with Gasteiger partial charge in [0.05, 0.1) is 0 Å². The molecule has 2 rings (SSSR count). The first kappa shape index (κ1) is 12.5. The second-order valence-electron chi connectivity index (χ2n) is 7.25. The van der Waals surface area contributed by atoms with Gasteiger partial charge in [-0.3, -0.25) is 0 Å². The highest BCUT2D eigenvalue weighted by atomic mass is 14.7. The molecule has 2 saturated carbocycles. The fraction of sp³-hybridized carbons (Fsp3) is 1.00. The molecule has 6 atom stereocenters. The average molecular weight is 222 g/mol. The molecular weight excluding hydrogens is 192 g/mol. The summed E-state index contributed by atoms with van der Waals surface area (Å²) in [6.45, 7) is 15.0. The van der Waals surface area contributed by atoms with E-state index in [0.717, 1.165) is 23.7 Å². The lowest BCUT2D eigenvalue weighted by Gasteiger charge is -2.65. The highest BCUT2D eigenvalue weighted by Gasteiger charge is 2.68. The number of unbranched alkanes of at least 4 members (excludes halogenated alkanes) is 1. The van der Waals surface area contributed by atoms with Crippen molar-refractivity contribution in [2.45, 2.75) is 67.2 Å². The second-order valence-corrected chi connectivity index (χ2v) is 7.25. The maximum atomic E-state index is 2.57. The van der Waals surface area contributed by atoms with E-state index in [2.05, 4.69) is 41.5 Å². The molecular formula is C16H30. The van der Waals surface area contributed by atoms with E-state index in [9.17, 15) is 0 Å². The van der Waals surface area contributed by atoms with E-state index < -0.39 is 0 Å². The van der Waals surface area contributed by atoms with E-state index in [0.29, 0.717) is 10.8 Å². The van der Waals surface area contributed by atoms with Gasteiger partial charge in [0.1, 0.15) is 0 Å². The van der Waals surface area contributed by atoms with Crippen molar-refractivity contribution in [3.63, 3.8) is 0 Å². The first-order valence-electron chi connectivity index (χ1n) is 7.39. The Balaban J connectivity index is 2.17. The molecule has 0 N–H and O–H groups in total. The lowest BCUT2D eigenvalue weighted by Crippen LogP contribution is -2.60. The van der Waals surface area contributed by atoms with Crippen molar-refractivity contribution in [3.8, 4) is 0 Å². The van der Waals surface area contributed by atoms with E-state index in [1.165, 1.54) is 25.7 Å². The summed E-state index contributed by atoms with van der Waals surface area (Å²) in [6, 6.07) is 0. The molecule has 0 bridgehead atoms. The smallest absolute Gasteiger partial charge is 0.0233 e. The number of hydrogen-bond donors (Lipinski definition) is 0. The molecule has 16 heavy (non-hydrogen) atoms. The molecule has 0 aromatic rings. The van der Waals surface area contributed by atoms with Crippen LogP contribution in [0.4, 0.5) is 0 Å². The average Bonchev–Trinajstić information content (AvgIpc) is 2.49. The monoisotopic (exact) mass is 222 g/mol. The van der Waals surface area contributed by atoms with E-state index in [4.69, 9.17) is 0 Å². The summed E-state index contributed by atoms with van der Waals surface area (Å²) in [6.07, 6.45) is 5.74. The Morgan fingerprint density at radius 3 is 2.31 bits per heavy atom. The molecule has 0 aliphatic heterocycles. The third-order valence-electron chi connectivity index (χ3n) is 6.98. The molecule has 94 valence electrons. The third kappa shape index (κ3) is 1.28. The molecule has 2 fully saturated rings. The van der Waals surface area contributed by atoms with Crippen LogP contribution in [-0.2, 0) is 0 Å². The maximum Gasteiger partial charge on any atom is -0.0233 e. The minimum absolute atomic E-state index is 0.655. The molecule has 0 aromatic heterocycles. The van der Waals surface area contributed by atoms with Crippen LogP contribution >= 0.6 is 0 Å². The Morgan fingerprint density at radius 2 is 1.75 bits per heavy atom. The Labute approximate surface area is 102 Å². The maximum absolute atomic E-state index is 2.57. The zero-order valence-corrected chi connectivity index (χ0v) is 12.1. The van der Waals surface area contributed by atoms with Crippen LogP contribution in [0.1, 0.15) is 67.2 Å². The van der Waals surface area contributed by atoms with Gasteiger partial charge in [-0.1, -0.05) is 54.4 Å². The molecule has 6 unspecified atom stereocenters. The van der Waals surface area contributed by atoms with Crippen molar-refractivity contribution in [2.24, 2.45) is 34.5 Å². The van der Waals surface area contributed by atoms with Gasteiger partial charge in [-0.15, -0.1) is 0 Å². The van der Waals surface area contributed by atoms with Gasteiger partial charge < -0.3 is 0 Å². The topological polar surface area (TPSA) is 0 Å². The van der Waals surface area contributed by atoms with Crippen molar-refractivity contribution in [3.05, 3.63) is 0 Å². The molecule has 2 aliphatic rings. The van der Waals surface area contributed by atoms with Crippen LogP contribution in [0.5, 0.6) is 0 Å². The Morgan fingerprint density at radius 1 is 1.12 bits per heavy atom. The van der Waals surface area contributed by atoms with Crippen LogP contribution in [0.25, 0.3) is 0 Å². The summed E-state index contributed by atoms with van der Waals surface area (Å²) in [5.41, 5.74) is 1.31. The van der Waals surface area contributed by atoms with Gasteiger partial charge in [-0.25, -0.2) is 0 Å². The number of hydrogen-bond acceptors (Lipinski definition) is 0. The quantitative estimate of drug-likeness (QED) is 0.621. The second kappa shape index (κ2) is 3.75. The van der Waals surface area contributed by atoms with Crippen LogP contribution in [0, 0.1) is 34.5 Å². The van der Waals surface area contributed by atoms with Crippen LogP contribution in [-0.4, -0.2) is 0 Å². The highest BCUT2D eigenvalue weighted by Crippen LogP contribution is 2.74. The van der Waals surface area contributed by atoms with Crippen molar-refractivity contribution in [1.29, 1.82) is 0 Å². The molecule has 0 saturated heterocycles. The molecule has 0 spiro atoms. The summed E-state index contributed by atoms with van der Waals surface area (Å²) in [5, 5.41) is 0. The molecule has 0 amide bonds. The third-order valence-corrected chi connectivity index (χ3v) is 6.98. The van der Waals surface area contributed by atoms with Gasteiger partial charge in [-0.05, 0) is 47.3 Å². The van der Waals surface area contributed by atoms with Crippen LogP contribution < -0.4 is 0 Å². The SMILES string of the molecule is CCCCC1(C)C(C)C2(C)C(C)C(C)CC12. The summed E-state index contributed by atoms with van der Waals surface area (Å²) in [4.78, 5) is 0. The minimum Gasteiger partial charge on any atom is -0.0654 e. The molecule has 0 nitrogen and oxygen atoms in total. The standard InChI is InChI=1S/C16H30/c1-7-8-9-15(5)13(4)16(6)12(3)11(2)10-14(15)16/h11-14H,7-10H2,1-6H3. The van der Waals surface area contributed by atoms with Crippen molar-refractivity contribution in [2.75, 3.05) is 0 Å². The highest BCUT2D eigenvalue weighted by molar-refractivity contribution is 5.16. The lowest BCUT2D eigenvalue weighted by atomic mass is 9.39. The largest absolute Gasteiger partial charge is 0.0654 e. The normalized spacial score (nSPS) is 55.9. The molecule has 0 radical (unpaired) electrons. The first-order chi connectivity index (χ1) is 7.39. The van der Waals surface area contributed by atoms with Crippen molar-refractivity contribution in [1.82, 2.24) is 0 Å². The summed E-state index contributed by atoms with van der Waals surface area (Å²) in [5.74, 6) is 3.81. The van der Waals surface area contributed by atoms with E-state index >= 15 is 0 Å². The molecule has 0 aromatic carbocycles. The number of fused-ring (bicyclic) bond motifs is 1. The van der Waals surface area contributed by atoms with Gasteiger partial charge in [-0.2, -0.15) is 0 Å². The molecule has 0 heteroatoms. The van der Waals surface area contributed by atoms with Crippen LogP contribution in [0.3, 0.4) is 0 Å². The zero-order chi connectivity index (χ0) is 12.1. The van der Waals surface area contributed by atoms with Crippen LogP contribution in [0.15, 0.2) is 0 Å². The number of rotatable bonds is 3. The van der Waals surface area contributed by atoms with Crippen molar-refractivity contribution >= 4 is 0 Å². The first-order valence-corrected chi connectivity index (χ1v) is 7.39. The van der Waals surface area contributed by atoms with Gasteiger partial charge in [0.15, 0.2) is 0 Å². The fourth-order valence-corrected chi connectivity index (χ4v) is 5.30. The molecule has 2 aliphatic carbocycles. The van der Waals surface area contributed by atoms with E-state index in [-0.39, 0.29) is 0 Å². The van der Waals surface area contributed by atoms with Gasteiger partial charge in [0.25, 0.3) is 0 Å². The van der Waals surface area contributed by atoms with Gasteiger partial charge in [0.2, 0.25) is 0 Å². The predicted octanol–water partition coefficient (Wildman–Crippen LogP) is 5.13. The molecule has 0 heterocycles. The lowest BCUT2D eigenvalue weighted by molar-refractivity contribution is -0.177. The van der Waals surface area contributed by atoms with Crippen LogP contribution in [0.2, 0.25) is 0 Å². The zero-order valence-electron chi connectivity index (χ0n) is 12.1. The van der Waals surface area contributed by atoms with Gasteiger partial charge >= 0.3 is 0 Å². The summed E-state index contributed by atoms with van der Waals surface area (Å²) < 4.78 is 0.